The molecule has 1 spiro atoms. The molecule has 2 aromatic rings. The van der Waals surface area contributed by atoms with Crippen molar-refractivity contribution in [1.82, 2.24) is 4.72 Å². The van der Waals surface area contributed by atoms with Crippen molar-refractivity contribution in [3.63, 3.8) is 0 Å². The molecule has 10 heteroatoms. The Bertz CT molecular complexity index is 1590. The van der Waals surface area contributed by atoms with Crippen LogP contribution in [0.4, 0.5) is 5.69 Å². The normalized spacial score (nSPS) is 35.0. The molecule has 8 nitrogen and oxygen atoms in total. The Morgan fingerprint density at radius 2 is 2.00 bits per heavy atom. The largest absolute Gasteiger partial charge is 0.490 e. The van der Waals surface area contributed by atoms with Gasteiger partial charge < -0.3 is 19.5 Å². The van der Waals surface area contributed by atoms with E-state index in [1.807, 2.05) is 25.1 Å². The number of fused-ring (bicyclic) bond motifs is 4. The summed E-state index contributed by atoms with van der Waals surface area (Å²) in [5.41, 5.74) is 3.30. The van der Waals surface area contributed by atoms with Gasteiger partial charge in [-0.05, 0) is 111 Å². The number of ether oxygens (including phenoxy) is 2. The first kappa shape index (κ1) is 31.0. The maximum Gasteiger partial charge on any atom is 0.264 e. The van der Waals surface area contributed by atoms with E-state index in [0.29, 0.717) is 44.9 Å². The van der Waals surface area contributed by atoms with Crippen LogP contribution in [0.25, 0.3) is 0 Å². The molecule has 2 aliphatic carbocycles. The first-order chi connectivity index (χ1) is 21.6. The molecule has 1 saturated heterocycles. The Balaban J connectivity index is 1.27. The molecule has 0 aromatic heterocycles. The number of hydrogen-bond acceptors (Lipinski definition) is 7. The van der Waals surface area contributed by atoms with E-state index >= 15 is 0 Å². The molecule has 1 saturated carbocycles. The van der Waals surface area contributed by atoms with Crippen LogP contribution in [0.5, 0.6) is 5.75 Å². The van der Waals surface area contributed by atoms with Gasteiger partial charge in [-0.3, -0.25) is 4.79 Å². The van der Waals surface area contributed by atoms with E-state index in [0.717, 1.165) is 49.2 Å². The highest BCUT2D eigenvalue weighted by Crippen LogP contribution is 2.47. The van der Waals surface area contributed by atoms with Crippen LogP contribution < -0.4 is 14.4 Å². The molecule has 242 valence electrons. The van der Waals surface area contributed by atoms with Crippen molar-refractivity contribution in [2.45, 2.75) is 81.2 Å². The highest BCUT2D eigenvalue weighted by molar-refractivity contribution is 7.90. The summed E-state index contributed by atoms with van der Waals surface area (Å²) in [6.45, 7) is 4.41. The Kier molecular flexibility index (Phi) is 8.42. The van der Waals surface area contributed by atoms with Crippen molar-refractivity contribution in [3.05, 3.63) is 70.3 Å². The van der Waals surface area contributed by atoms with Gasteiger partial charge in [-0.15, -0.1) is 0 Å². The molecular formula is C35H43ClN2O6S. The van der Waals surface area contributed by atoms with Crippen LogP contribution in [-0.4, -0.2) is 63.2 Å². The van der Waals surface area contributed by atoms with Gasteiger partial charge in [-0.1, -0.05) is 36.7 Å². The molecule has 45 heavy (non-hydrogen) atoms. The molecule has 7 atom stereocenters. The van der Waals surface area contributed by atoms with E-state index in [1.165, 1.54) is 11.1 Å². The van der Waals surface area contributed by atoms with E-state index in [4.69, 9.17) is 21.1 Å². The lowest BCUT2D eigenvalue weighted by molar-refractivity contribution is -0.0564. The molecule has 1 amide bonds. The molecule has 2 aromatic carbocycles. The Morgan fingerprint density at radius 3 is 2.76 bits per heavy atom. The van der Waals surface area contributed by atoms with E-state index in [-0.39, 0.29) is 34.8 Å². The Morgan fingerprint density at radius 1 is 1.16 bits per heavy atom. The second-order valence-corrected chi connectivity index (χ2v) is 16.3. The van der Waals surface area contributed by atoms with Crippen LogP contribution in [0.1, 0.15) is 73.4 Å². The second kappa shape index (κ2) is 12.2. The second-order valence-electron chi connectivity index (χ2n) is 14.0. The summed E-state index contributed by atoms with van der Waals surface area (Å²) in [7, 11) is -4.02. The molecule has 5 aliphatic rings. The van der Waals surface area contributed by atoms with Crippen LogP contribution in [0, 0.1) is 17.8 Å². The maximum absolute atomic E-state index is 13.7. The fraction of sp³-hybridized carbons (Fsp3) is 0.571. The van der Waals surface area contributed by atoms with Crippen LogP contribution in [-0.2, 0) is 26.6 Å². The van der Waals surface area contributed by atoms with Gasteiger partial charge in [0, 0.05) is 35.7 Å². The summed E-state index contributed by atoms with van der Waals surface area (Å²) < 4.78 is 42.1. The topological polar surface area (TPSA) is 105 Å². The van der Waals surface area contributed by atoms with Crippen molar-refractivity contribution in [2.75, 3.05) is 31.2 Å². The van der Waals surface area contributed by atoms with Crippen molar-refractivity contribution in [3.8, 4) is 5.75 Å². The number of carbonyl (C=O) groups excluding carboxylic acids is 1. The minimum absolute atomic E-state index is 0.111. The number of hydrogen-bond donors (Lipinski definition) is 2. The summed E-state index contributed by atoms with van der Waals surface area (Å²) in [6, 6.07) is 11.4. The number of rotatable bonds is 2. The third-order valence-electron chi connectivity index (χ3n) is 11.1. The lowest BCUT2D eigenvalue weighted by Crippen LogP contribution is -2.49. The van der Waals surface area contributed by atoms with Crippen molar-refractivity contribution in [1.29, 1.82) is 0 Å². The number of allylic oxidation sites excluding steroid dienone is 1. The molecule has 2 bridgehead atoms. The number of aryl methyl sites for hydroxylation is 1. The lowest BCUT2D eigenvalue weighted by atomic mass is 9.68. The fourth-order valence-electron chi connectivity index (χ4n) is 8.19. The van der Waals surface area contributed by atoms with Gasteiger partial charge in [0.25, 0.3) is 5.91 Å². The number of sulfonamides is 1. The number of aliphatic hydroxyl groups is 1. The highest BCUT2D eigenvalue weighted by atomic mass is 35.5. The van der Waals surface area contributed by atoms with Gasteiger partial charge in [-0.2, -0.15) is 0 Å². The zero-order valence-electron chi connectivity index (χ0n) is 25.8. The third-order valence-corrected chi connectivity index (χ3v) is 13.2. The van der Waals surface area contributed by atoms with Gasteiger partial charge in [0.2, 0.25) is 10.0 Å². The van der Waals surface area contributed by atoms with Gasteiger partial charge >= 0.3 is 0 Å². The third kappa shape index (κ3) is 6.01. The van der Waals surface area contributed by atoms with Crippen LogP contribution in [0.2, 0.25) is 5.02 Å². The summed E-state index contributed by atoms with van der Waals surface area (Å²) in [5.74, 6) is 0.153. The molecule has 1 unspecified atom stereocenters. The standard InChI is InChI=1S/C35H43ClN2O6S/c1-22-4-2-6-31(39)28-10-7-25(28)19-38-20-35(14-3-5-23-16-26(36)9-11-29(23)35)21-44-32-12-8-24(17-30(32)38)34(40)37-45(41,42)33(22)18-27-13-15-43-27/h2,6,8-9,11-12,16-17,22,25,27-28,31,33,39H,3-5,7,10,13-15,18-21H2,1H3,(H,37,40)/b6-2-/t22?,25-,27-,28+,31-,33-,35-/m0/s1. The number of halogens is 1. The molecule has 3 heterocycles. The highest BCUT2D eigenvalue weighted by Gasteiger charge is 2.44. The average Bonchev–Trinajstić information content (AvgIpc) is 3.10. The van der Waals surface area contributed by atoms with Crippen molar-refractivity contribution < 1.29 is 27.8 Å². The maximum atomic E-state index is 13.7. The Labute approximate surface area is 271 Å². The predicted octanol–water partition coefficient (Wildman–Crippen LogP) is 5.40. The zero-order chi connectivity index (χ0) is 31.3. The molecule has 3 aliphatic heterocycles. The monoisotopic (exact) mass is 654 g/mol. The summed E-state index contributed by atoms with van der Waals surface area (Å²) in [5, 5.41) is 11.2. The quantitative estimate of drug-likeness (QED) is 0.418. The van der Waals surface area contributed by atoms with E-state index in [9.17, 15) is 18.3 Å². The molecule has 7 rings (SSSR count). The van der Waals surface area contributed by atoms with E-state index in [2.05, 4.69) is 21.8 Å². The first-order valence-corrected chi connectivity index (χ1v) is 18.4. The zero-order valence-corrected chi connectivity index (χ0v) is 27.4. The number of anilines is 1. The van der Waals surface area contributed by atoms with E-state index < -0.39 is 27.3 Å². The summed E-state index contributed by atoms with van der Waals surface area (Å²) in [4.78, 5) is 16.0. The van der Waals surface area contributed by atoms with Gasteiger partial charge in [0.1, 0.15) is 5.75 Å². The van der Waals surface area contributed by atoms with Crippen molar-refractivity contribution in [2.24, 2.45) is 17.8 Å². The van der Waals surface area contributed by atoms with Crippen LogP contribution >= 0.6 is 11.6 Å². The first-order valence-electron chi connectivity index (χ1n) is 16.4. The number of nitrogens with zero attached hydrogens (tertiary/aromatic N) is 1. The SMILES string of the molecule is CC1C/C=C\[C@H](O)[C@@H]2CC[C@H]2CN2C[C@@]3(CCCc4cc(Cl)ccc43)COc3ccc(cc32)C(=O)NS(=O)(=O)[C@H]1C[C@@H]1CCO1. The number of benzene rings is 2. The number of aliphatic hydroxyl groups excluding tert-OH is 1. The lowest BCUT2D eigenvalue weighted by Gasteiger charge is -2.45. The Hall–Kier alpha value is -2.59. The summed E-state index contributed by atoms with van der Waals surface area (Å²) in [6.07, 6.45) is 9.55. The molecule has 2 fully saturated rings. The molecular weight excluding hydrogens is 612 g/mol. The minimum atomic E-state index is -4.02. The van der Waals surface area contributed by atoms with Crippen molar-refractivity contribution >= 4 is 33.2 Å². The number of carbonyl (C=O) groups is 1. The average molecular weight is 655 g/mol. The predicted molar refractivity (Wildman–Crippen MR) is 175 cm³/mol. The van der Waals surface area contributed by atoms with Gasteiger partial charge in [0.15, 0.2) is 0 Å². The fourth-order valence-corrected chi connectivity index (χ4v) is 10.1. The summed E-state index contributed by atoms with van der Waals surface area (Å²) >= 11 is 6.41. The molecule has 2 N–H and O–H groups in total. The van der Waals surface area contributed by atoms with Gasteiger partial charge in [0.05, 0.1) is 29.8 Å². The van der Waals surface area contributed by atoms with E-state index in [1.54, 1.807) is 18.2 Å². The van der Waals surface area contributed by atoms with Crippen LogP contribution in [0.15, 0.2) is 48.6 Å². The number of nitrogens with one attached hydrogen (secondary N) is 1. The smallest absolute Gasteiger partial charge is 0.264 e. The van der Waals surface area contributed by atoms with Gasteiger partial charge in [-0.25, -0.2) is 13.1 Å². The minimum Gasteiger partial charge on any atom is -0.490 e. The van der Waals surface area contributed by atoms with Crippen LogP contribution in [0.3, 0.4) is 0 Å². The molecule has 0 radical (unpaired) electrons. The number of amides is 1.